The van der Waals surface area contributed by atoms with Crippen LogP contribution in [0, 0.1) is 11.7 Å². The van der Waals surface area contributed by atoms with E-state index in [4.69, 9.17) is 9.84 Å². The van der Waals surface area contributed by atoms with E-state index < -0.39 is 29.7 Å². The second kappa shape index (κ2) is 6.09. The summed E-state index contributed by atoms with van der Waals surface area (Å²) < 4.78 is 18.4. The molecular formula is C14H16FNO5. The lowest BCUT2D eigenvalue weighted by molar-refractivity contribution is -0.142. The van der Waals surface area contributed by atoms with Gasteiger partial charge in [0, 0.05) is 6.54 Å². The van der Waals surface area contributed by atoms with Gasteiger partial charge in [0.05, 0.1) is 24.8 Å². The van der Waals surface area contributed by atoms with E-state index in [2.05, 4.69) is 0 Å². The van der Waals surface area contributed by atoms with Gasteiger partial charge >= 0.3 is 5.97 Å². The molecular weight excluding hydrogens is 281 g/mol. The minimum absolute atomic E-state index is 0.0267. The monoisotopic (exact) mass is 297 g/mol. The van der Waals surface area contributed by atoms with E-state index in [0.29, 0.717) is 0 Å². The molecule has 1 heterocycles. The van der Waals surface area contributed by atoms with Crippen molar-refractivity contribution in [3.05, 3.63) is 29.6 Å². The van der Waals surface area contributed by atoms with Crippen molar-refractivity contribution in [3.63, 3.8) is 0 Å². The highest BCUT2D eigenvalue weighted by Gasteiger charge is 2.40. The van der Waals surface area contributed by atoms with Crippen LogP contribution >= 0.6 is 0 Å². The molecule has 6 nitrogen and oxygen atoms in total. The number of carbonyl (C=O) groups is 2. The fourth-order valence-corrected chi connectivity index (χ4v) is 2.45. The van der Waals surface area contributed by atoms with E-state index in [-0.39, 0.29) is 31.1 Å². The highest BCUT2D eigenvalue weighted by molar-refractivity contribution is 5.97. The van der Waals surface area contributed by atoms with Crippen molar-refractivity contribution < 1.29 is 28.9 Å². The number of rotatable bonds is 4. The Morgan fingerprint density at radius 1 is 1.43 bits per heavy atom. The first kappa shape index (κ1) is 15.2. The van der Waals surface area contributed by atoms with Crippen LogP contribution in [-0.2, 0) is 9.53 Å². The number of ether oxygens (including phenoxy) is 1. The number of phenolic OH excluding ortho intramolecular Hbond substituents is 1. The Morgan fingerprint density at radius 3 is 2.76 bits per heavy atom. The molecule has 114 valence electrons. The van der Waals surface area contributed by atoms with E-state index in [1.165, 1.54) is 4.90 Å². The predicted molar refractivity (Wildman–Crippen MR) is 70.5 cm³/mol. The molecule has 0 saturated carbocycles. The molecule has 7 heteroatoms. The molecule has 2 atom stereocenters. The smallest absolute Gasteiger partial charge is 0.311 e. The number of aliphatic carboxylic acids is 1. The van der Waals surface area contributed by atoms with E-state index in [9.17, 15) is 19.1 Å². The lowest BCUT2D eigenvalue weighted by Gasteiger charge is -2.29. The quantitative estimate of drug-likeness (QED) is 0.869. The van der Waals surface area contributed by atoms with E-state index in [1.807, 2.05) is 0 Å². The zero-order valence-electron chi connectivity index (χ0n) is 11.5. The summed E-state index contributed by atoms with van der Waals surface area (Å²) in [5.74, 6) is -3.48. The molecule has 1 aliphatic rings. The van der Waals surface area contributed by atoms with Crippen LogP contribution in [0.2, 0.25) is 0 Å². The predicted octanol–water partition coefficient (Wildman–Crippen LogP) is 1.09. The van der Waals surface area contributed by atoms with E-state index >= 15 is 0 Å². The van der Waals surface area contributed by atoms with Crippen molar-refractivity contribution >= 4 is 11.9 Å². The Bertz CT molecular complexity index is 562. The van der Waals surface area contributed by atoms with E-state index in [1.54, 1.807) is 6.92 Å². The van der Waals surface area contributed by atoms with Gasteiger partial charge in [-0.1, -0.05) is 0 Å². The zero-order chi connectivity index (χ0) is 15.6. The molecule has 1 fully saturated rings. The average Bonchev–Trinajstić information content (AvgIpc) is 2.91. The number of phenols is 1. The minimum Gasteiger partial charge on any atom is -0.507 e. The number of carboxylic acids is 1. The fraction of sp³-hybridized carbons (Fsp3) is 0.429. The summed E-state index contributed by atoms with van der Waals surface area (Å²) in [6, 6.07) is 2.44. The number of nitrogens with zero attached hydrogens (tertiary/aromatic N) is 1. The van der Waals surface area contributed by atoms with Gasteiger partial charge < -0.3 is 19.8 Å². The number of likely N-dealkylation sites (N-methyl/N-ethyl adjacent to an activating group) is 1. The van der Waals surface area contributed by atoms with Gasteiger partial charge in [0.1, 0.15) is 17.5 Å². The van der Waals surface area contributed by atoms with Crippen molar-refractivity contribution in [1.29, 1.82) is 0 Å². The van der Waals surface area contributed by atoms with Crippen molar-refractivity contribution in [2.45, 2.75) is 13.0 Å². The van der Waals surface area contributed by atoms with Gasteiger partial charge in [-0.25, -0.2) is 4.39 Å². The molecule has 1 aromatic carbocycles. The maximum absolute atomic E-state index is 13.3. The third-order valence-corrected chi connectivity index (χ3v) is 3.56. The highest BCUT2D eigenvalue weighted by Crippen LogP contribution is 2.25. The number of aromatic hydroxyl groups is 1. The number of benzene rings is 1. The molecule has 2 N–H and O–H groups in total. The van der Waals surface area contributed by atoms with Gasteiger partial charge in [-0.15, -0.1) is 0 Å². The lowest BCUT2D eigenvalue weighted by atomic mass is 10.0. The molecule has 1 aliphatic heterocycles. The lowest BCUT2D eigenvalue weighted by Crippen LogP contribution is -2.46. The van der Waals surface area contributed by atoms with Crippen LogP contribution in [0.15, 0.2) is 18.2 Å². The number of hydrogen-bond acceptors (Lipinski definition) is 4. The van der Waals surface area contributed by atoms with Crippen LogP contribution in [-0.4, -0.2) is 52.8 Å². The maximum atomic E-state index is 13.3. The Morgan fingerprint density at radius 2 is 2.14 bits per heavy atom. The number of hydrogen-bond donors (Lipinski definition) is 2. The first-order valence-electron chi connectivity index (χ1n) is 6.55. The molecule has 1 amide bonds. The Balaban J connectivity index is 2.30. The van der Waals surface area contributed by atoms with Crippen LogP contribution in [0.25, 0.3) is 0 Å². The molecule has 0 aromatic heterocycles. The molecule has 1 saturated heterocycles. The van der Waals surface area contributed by atoms with Gasteiger partial charge in [0.25, 0.3) is 5.91 Å². The van der Waals surface area contributed by atoms with Gasteiger partial charge in [-0.2, -0.15) is 0 Å². The number of carboxylic acid groups (broad SMARTS) is 1. The third-order valence-electron chi connectivity index (χ3n) is 3.56. The molecule has 21 heavy (non-hydrogen) atoms. The van der Waals surface area contributed by atoms with E-state index in [0.717, 1.165) is 18.2 Å². The third kappa shape index (κ3) is 2.97. The first-order valence-corrected chi connectivity index (χ1v) is 6.55. The second-order valence-corrected chi connectivity index (χ2v) is 4.80. The van der Waals surface area contributed by atoms with Gasteiger partial charge in [-0.3, -0.25) is 9.59 Å². The van der Waals surface area contributed by atoms with Crippen LogP contribution < -0.4 is 0 Å². The summed E-state index contributed by atoms with van der Waals surface area (Å²) in [5, 5.41) is 18.9. The summed E-state index contributed by atoms with van der Waals surface area (Å²) in [6.07, 6.45) is 0. The summed E-state index contributed by atoms with van der Waals surface area (Å²) in [6.45, 7) is 2.05. The van der Waals surface area contributed by atoms with Gasteiger partial charge in [0.2, 0.25) is 0 Å². The summed E-state index contributed by atoms with van der Waals surface area (Å²) in [4.78, 5) is 24.9. The maximum Gasteiger partial charge on any atom is 0.311 e. The number of carbonyl (C=O) groups excluding carboxylic acids is 1. The summed E-state index contributed by atoms with van der Waals surface area (Å²) in [7, 11) is 0. The average molecular weight is 297 g/mol. The van der Waals surface area contributed by atoms with Gasteiger partial charge in [0.15, 0.2) is 0 Å². The minimum atomic E-state index is -1.05. The van der Waals surface area contributed by atoms with Crippen molar-refractivity contribution in [2.75, 3.05) is 19.8 Å². The SMILES string of the molecule is CCN(C(=O)c1cc(F)ccc1O)C1COCC1C(=O)O. The topological polar surface area (TPSA) is 87.1 Å². The fourth-order valence-electron chi connectivity index (χ4n) is 2.45. The molecule has 2 rings (SSSR count). The molecule has 0 bridgehead atoms. The van der Waals surface area contributed by atoms with Crippen LogP contribution in [0.3, 0.4) is 0 Å². The largest absolute Gasteiger partial charge is 0.507 e. The highest BCUT2D eigenvalue weighted by atomic mass is 19.1. The zero-order valence-corrected chi connectivity index (χ0v) is 11.5. The molecule has 0 radical (unpaired) electrons. The van der Waals surface area contributed by atoms with Crippen molar-refractivity contribution in [2.24, 2.45) is 5.92 Å². The Hall–Kier alpha value is -2.15. The normalized spacial score (nSPS) is 21.2. The van der Waals surface area contributed by atoms with Crippen molar-refractivity contribution in [1.82, 2.24) is 4.90 Å². The molecule has 2 unspecified atom stereocenters. The summed E-state index contributed by atoms with van der Waals surface area (Å²) >= 11 is 0. The second-order valence-electron chi connectivity index (χ2n) is 4.80. The molecule has 0 aliphatic carbocycles. The molecule has 0 spiro atoms. The molecule has 1 aromatic rings. The Kier molecular flexibility index (Phi) is 4.42. The summed E-state index contributed by atoms with van der Waals surface area (Å²) in [5.41, 5.74) is -0.187. The standard InChI is InChI=1S/C14H16FNO5/c1-2-16(11-7-21-6-10(11)14(19)20)13(18)9-5-8(15)3-4-12(9)17/h3-5,10-11,17H,2,6-7H2,1H3,(H,19,20). The number of halogens is 1. The Labute approximate surface area is 120 Å². The number of amides is 1. The van der Waals surface area contributed by atoms with Crippen molar-refractivity contribution in [3.8, 4) is 5.75 Å². The van der Waals surface area contributed by atoms with Gasteiger partial charge in [-0.05, 0) is 25.1 Å². The van der Waals surface area contributed by atoms with Crippen LogP contribution in [0.5, 0.6) is 5.75 Å². The van der Waals surface area contributed by atoms with Crippen LogP contribution in [0.4, 0.5) is 4.39 Å². The first-order chi connectivity index (χ1) is 9.95. The van der Waals surface area contributed by atoms with Crippen LogP contribution in [0.1, 0.15) is 17.3 Å².